The van der Waals surface area contributed by atoms with E-state index < -0.39 is 11.9 Å². The predicted octanol–water partition coefficient (Wildman–Crippen LogP) is 2.36. The lowest BCUT2D eigenvalue weighted by Crippen LogP contribution is -2.14. The van der Waals surface area contributed by atoms with Crippen molar-refractivity contribution in [3.05, 3.63) is 71.3 Å². The molecule has 0 spiro atoms. The molecule has 0 aliphatic rings. The third-order valence-electron chi connectivity index (χ3n) is 2.82. The summed E-state index contributed by atoms with van der Waals surface area (Å²) in [6, 6.07) is 15.5. The monoisotopic (exact) mass is 288 g/mol. The van der Waals surface area contributed by atoms with Gasteiger partial charge in [0.25, 0.3) is 0 Å². The Morgan fingerprint density at radius 2 is 1.57 bits per heavy atom. The molecule has 112 valence electrons. The van der Waals surface area contributed by atoms with Crippen LogP contribution < -0.4 is 0 Å². The van der Waals surface area contributed by atoms with Crippen molar-refractivity contribution in [2.24, 2.45) is 0 Å². The summed E-state index contributed by atoms with van der Waals surface area (Å²) in [7, 11) is 3.25. The lowest BCUT2D eigenvalue weighted by Gasteiger charge is -2.12. The van der Waals surface area contributed by atoms with Gasteiger partial charge in [-0.25, -0.2) is 0 Å². The summed E-state index contributed by atoms with van der Waals surface area (Å²) in [5.41, 5.74) is 1.43. The SMILES string of the molecule is COC.O=C(c1ccccc1CO)C(O)c1ccccc1. The molecule has 0 heterocycles. The Balaban J connectivity index is 0.000000677. The zero-order valence-corrected chi connectivity index (χ0v) is 12.2. The van der Waals surface area contributed by atoms with Crippen molar-refractivity contribution < 1.29 is 19.7 Å². The van der Waals surface area contributed by atoms with Crippen molar-refractivity contribution in [1.82, 2.24) is 0 Å². The van der Waals surface area contributed by atoms with E-state index in [9.17, 15) is 15.0 Å². The smallest absolute Gasteiger partial charge is 0.196 e. The standard InChI is InChI=1S/C15H14O3.C2H6O/c16-10-12-8-4-5-9-13(12)15(18)14(17)11-6-2-1-3-7-11;1-3-2/h1-9,14,16-17H,10H2;1-2H3. The first kappa shape index (κ1) is 17.0. The molecule has 0 aliphatic heterocycles. The number of rotatable bonds is 4. The van der Waals surface area contributed by atoms with Gasteiger partial charge in [0.2, 0.25) is 0 Å². The van der Waals surface area contributed by atoms with Crippen LogP contribution in [0.5, 0.6) is 0 Å². The van der Waals surface area contributed by atoms with Crippen LogP contribution in [-0.2, 0) is 11.3 Å². The molecule has 4 heteroatoms. The fourth-order valence-electron chi connectivity index (χ4n) is 1.83. The zero-order chi connectivity index (χ0) is 15.7. The molecule has 0 saturated carbocycles. The second-order valence-corrected chi connectivity index (χ2v) is 4.40. The van der Waals surface area contributed by atoms with Crippen LogP contribution in [0.4, 0.5) is 0 Å². The maximum Gasteiger partial charge on any atom is 0.196 e. The van der Waals surface area contributed by atoms with Crippen LogP contribution in [0.1, 0.15) is 27.6 Å². The van der Waals surface area contributed by atoms with E-state index in [1.165, 1.54) is 0 Å². The highest BCUT2D eigenvalue weighted by atomic mass is 16.4. The first-order valence-corrected chi connectivity index (χ1v) is 6.51. The van der Waals surface area contributed by atoms with Gasteiger partial charge in [-0.15, -0.1) is 0 Å². The molecule has 1 atom stereocenters. The van der Waals surface area contributed by atoms with Gasteiger partial charge in [0.05, 0.1) is 6.61 Å². The number of carbonyl (C=O) groups is 1. The molecule has 0 radical (unpaired) electrons. The minimum Gasteiger partial charge on any atom is -0.392 e. The number of carbonyl (C=O) groups excluding carboxylic acids is 1. The molecule has 2 aromatic carbocycles. The largest absolute Gasteiger partial charge is 0.392 e. The van der Waals surface area contributed by atoms with E-state index in [2.05, 4.69) is 4.74 Å². The van der Waals surface area contributed by atoms with Gasteiger partial charge in [0.15, 0.2) is 5.78 Å². The van der Waals surface area contributed by atoms with Crippen molar-refractivity contribution in [3.63, 3.8) is 0 Å². The Morgan fingerprint density at radius 3 is 2.14 bits per heavy atom. The van der Waals surface area contributed by atoms with E-state index in [1.54, 1.807) is 62.8 Å². The van der Waals surface area contributed by atoms with Gasteiger partial charge >= 0.3 is 0 Å². The normalized spacial score (nSPS) is 11.2. The van der Waals surface area contributed by atoms with Crippen LogP contribution in [-0.4, -0.2) is 30.2 Å². The molecule has 2 aromatic rings. The highest BCUT2D eigenvalue weighted by Crippen LogP contribution is 2.20. The molecule has 4 nitrogen and oxygen atoms in total. The number of hydrogen-bond donors (Lipinski definition) is 2. The number of aliphatic hydroxyl groups is 2. The topological polar surface area (TPSA) is 66.8 Å². The Labute approximate surface area is 124 Å². The Hall–Kier alpha value is -2.01. The van der Waals surface area contributed by atoms with Crippen LogP contribution in [0.2, 0.25) is 0 Å². The molecule has 0 aliphatic carbocycles. The molecule has 1 unspecified atom stereocenters. The first-order valence-electron chi connectivity index (χ1n) is 6.51. The first-order chi connectivity index (χ1) is 10.2. The number of ether oxygens (including phenoxy) is 1. The van der Waals surface area contributed by atoms with E-state index in [1.807, 2.05) is 6.07 Å². The fraction of sp³-hybridized carbons (Fsp3) is 0.235. The molecule has 0 amide bonds. The number of benzene rings is 2. The molecule has 21 heavy (non-hydrogen) atoms. The number of aliphatic hydroxyl groups excluding tert-OH is 2. The molecular weight excluding hydrogens is 268 g/mol. The lowest BCUT2D eigenvalue weighted by atomic mass is 9.96. The van der Waals surface area contributed by atoms with Gasteiger partial charge in [0, 0.05) is 19.8 Å². The average molecular weight is 288 g/mol. The second kappa shape index (κ2) is 9.02. The van der Waals surface area contributed by atoms with E-state index >= 15 is 0 Å². The number of methoxy groups -OCH3 is 1. The summed E-state index contributed by atoms with van der Waals surface area (Å²) in [5.74, 6) is -0.397. The van der Waals surface area contributed by atoms with Gasteiger partial charge in [0.1, 0.15) is 6.10 Å². The minimum atomic E-state index is -1.20. The Morgan fingerprint density at radius 1 is 1.05 bits per heavy atom. The molecule has 0 saturated heterocycles. The van der Waals surface area contributed by atoms with Gasteiger partial charge in [-0.2, -0.15) is 0 Å². The molecule has 2 N–H and O–H groups in total. The molecule has 0 bridgehead atoms. The Kier molecular flexibility index (Phi) is 7.32. The zero-order valence-electron chi connectivity index (χ0n) is 12.2. The van der Waals surface area contributed by atoms with E-state index in [-0.39, 0.29) is 6.61 Å². The van der Waals surface area contributed by atoms with E-state index in [4.69, 9.17) is 0 Å². The maximum absolute atomic E-state index is 12.2. The van der Waals surface area contributed by atoms with Gasteiger partial charge in [-0.1, -0.05) is 54.6 Å². The quantitative estimate of drug-likeness (QED) is 0.848. The highest BCUT2D eigenvalue weighted by molar-refractivity contribution is 6.01. The van der Waals surface area contributed by atoms with Crippen molar-refractivity contribution in [2.45, 2.75) is 12.7 Å². The second-order valence-electron chi connectivity index (χ2n) is 4.40. The molecule has 2 rings (SSSR count). The average Bonchev–Trinajstić information content (AvgIpc) is 2.55. The summed E-state index contributed by atoms with van der Waals surface area (Å²) in [6.07, 6.45) is -1.20. The fourth-order valence-corrected chi connectivity index (χ4v) is 1.83. The lowest BCUT2D eigenvalue weighted by molar-refractivity contribution is 0.0744. The van der Waals surface area contributed by atoms with Crippen LogP contribution in [0.3, 0.4) is 0 Å². The van der Waals surface area contributed by atoms with Gasteiger partial charge < -0.3 is 14.9 Å². The van der Waals surface area contributed by atoms with E-state index in [0.29, 0.717) is 16.7 Å². The van der Waals surface area contributed by atoms with Crippen LogP contribution in [0, 0.1) is 0 Å². The van der Waals surface area contributed by atoms with Gasteiger partial charge in [-0.05, 0) is 11.1 Å². The van der Waals surface area contributed by atoms with Crippen molar-refractivity contribution in [2.75, 3.05) is 14.2 Å². The summed E-state index contributed by atoms with van der Waals surface area (Å²) < 4.78 is 4.25. The Bertz CT molecular complexity index is 552. The molecule has 0 aromatic heterocycles. The van der Waals surface area contributed by atoms with Crippen molar-refractivity contribution in [3.8, 4) is 0 Å². The highest BCUT2D eigenvalue weighted by Gasteiger charge is 2.20. The minimum absolute atomic E-state index is 0.219. The summed E-state index contributed by atoms with van der Waals surface area (Å²) in [5, 5.41) is 19.2. The third kappa shape index (κ3) is 4.79. The summed E-state index contributed by atoms with van der Waals surface area (Å²) in [4.78, 5) is 12.2. The van der Waals surface area contributed by atoms with Crippen LogP contribution in [0.15, 0.2) is 54.6 Å². The number of hydrogen-bond acceptors (Lipinski definition) is 4. The van der Waals surface area contributed by atoms with Crippen LogP contribution in [0.25, 0.3) is 0 Å². The number of Topliss-reactive ketones (excluding diaryl/α,β-unsaturated/α-hetero) is 1. The number of ketones is 1. The molecule has 0 fully saturated rings. The summed E-state index contributed by atoms with van der Waals surface area (Å²) >= 11 is 0. The summed E-state index contributed by atoms with van der Waals surface area (Å²) in [6.45, 7) is -0.219. The van der Waals surface area contributed by atoms with Crippen molar-refractivity contribution >= 4 is 5.78 Å². The molecular formula is C17H20O4. The predicted molar refractivity (Wildman–Crippen MR) is 81.0 cm³/mol. The van der Waals surface area contributed by atoms with Gasteiger partial charge in [-0.3, -0.25) is 4.79 Å². The van der Waals surface area contributed by atoms with Crippen LogP contribution >= 0.6 is 0 Å². The third-order valence-corrected chi connectivity index (χ3v) is 2.82. The maximum atomic E-state index is 12.2. The van der Waals surface area contributed by atoms with Crippen molar-refractivity contribution in [1.29, 1.82) is 0 Å². The van der Waals surface area contributed by atoms with E-state index in [0.717, 1.165) is 0 Å².